The van der Waals surface area contributed by atoms with Crippen molar-refractivity contribution in [1.29, 1.82) is 0 Å². The van der Waals surface area contributed by atoms with Crippen LogP contribution >= 0.6 is 0 Å². The van der Waals surface area contributed by atoms with Crippen LogP contribution in [0.2, 0.25) is 0 Å². The van der Waals surface area contributed by atoms with Crippen molar-refractivity contribution in [3.8, 4) is 0 Å². The Bertz CT molecular complexity index is 462. The quantitative estimate of drug-likeness (QED) is 0.865. The Balaban J connectivity index is 1.37. The number of amides is 1. The van der Waals surface area contributed by atoms with Gasteiger partial charge in [0.2, 0.25) is 5.91 Å². The molecule has 2 fully saturated rings. The van der Waals surface area contributed by atoms with Crippen LogP contribution in [0.25, 0.3) is 0 Å². The van der Waals surface area contributed by atoms with E-state index in [4.69, 9.17) is 4.74 Å². The van der Waals surface area contributed by atoms with Gasteiger partial charge in [0.15, 0.2) is 0 Å². The number of rotatable bonds is 5. The summed E-state index contributed by atoms with van der Waals surface area (Å²) in [5.41, 5.74) is 0. The van der Waals surface area contributed by atoms with Crippen LogP contribution in [0.15, 0.2) is 18.5 Å². The molecular formula is C15H24N4O2. The third-order valence-electron chi connectivity index (χ3n) is 4.31. The lowest BCUT2D eigenvalue weighted by Gasteiger charge is -2.33. The van der Waals surface area contributed by atoms with Crippen LogP contribution in [0.4, 0.5) is 0 Å². The lowest BCUT2D eigenvalue weighted by molar-refractivity contribution is -0.121. The molecule has 1 amide bonds. The summed E-state index contributed by atoms with van der Waals surface area (Å²) in [5.74, 6) is 0.154. The molecule has 116 valence electrons. The summed E-state index contributed by atoms with van der Waals surface area (Å²) in [4.78, 5) is 14.5. The molecule has 3 rings (SSSR count). The highest BCUT2D eigenvalue weighted by Gasteiger charge is 2.36. The Labute approximate surface area is 125 Å². The molecule has 0 spiro atoms. The van der Waals surface area contributed by atoms with E-state index in [2.05, 4.69) is 22.2 Å². The van der Waals surface area contributed by atoms with Crippen molar-refractivity contribution < 1.29 is 9.53 Å². The van der Waals surface area contributed by atoms with E-state index in [1.807, 2.05) is 16.9 Å². The predicted octanol–water partition coefficient (Wildman–Crippen LogP) is 0.641. The van der Waals surface area contributed by atoms with Gasteiger partial charge in [-0.25, -0.2) is 0 Å². The standard InChI is InChI=1S/C15H24N4O2/c1-12-9-18-10-13(8-14(18)11-21-12)17-15(20)4-2-6-19-7-3-5-16-19/h3,5,7,12-14H,2,4,6,8-11H2,1H3,(H,17,20)/t12-,13-,14+/m1/s1. The fraction of sp³-hybridized carbons (Fsp3) is 0.733. The number of aromatic nitrogens is 2. The van der Waals surface area contributed by atoms with E-state index in [1.54, 1.807) is 6.20 Å². The molecule has 0 radical (unpaired) electrons. The molecule has 0 bridgehead atoms. The smallest absolute Gasteiger partial charge is 0.220 e. The Morgan fingerprint density at radius 1 is 1.48 bits per heavy atom. The third kappa shape index (κ3) is 3.83. The van der Waals surface area contributed by atoms with E-state index in [0.29, 0.717) is 18.6 Å². The van der Waals surface area contributed by atoms with Gasteiger partial charge in [-0.2, -0.15) is 5.10 Å². The molecule has 1 aromatic heterocycles. The second-order valence-corrected chi connectivity index (χ2v) is 6.12. The van der Waals surface area contributed by atoms with Crippen LogP contribution in [0.5, 0.6) is 0 Å². The maximum Gasteiger partial charge on any atom is 0.220 e. The zero-order valence-corrected chi connectivity index (χ0v) is 12.6. The predicted molar refractivity (Wildman–Crippen MR) is 78.8 cm³/mol. The average molecular weight is 292 g/mol. The van der Waals surface area contributed by atoms with Crippen molar-refractivity contribution in [2.75, 3.05) is 19.7 Å². The third-order valence-corrected chi connectivity index (χ3v) is 4.31. The molecule has 0 saturated carbocycles. The van der Waals surface area contributed by atoms with Gasteiger partial charge in [0.1, 0.15) is 0 Å². The van der Waals surface area contributed by atoms with Crippen molar-refractivity contribution in [3.63, 3.8) is 0 Å². The normalized spacial score (nSPS) is 29.3. The lowest BCUT2D eigenvalue weighted by Crippen LogP contribution is -2.45. The van der Waals surface area contributed by atoms with Crippen LogP contribution in [-0.2, 0) is 16.1 Å². The number of fused-ring (bicyclic) bond motifs is 1. The molecule has 2 aliphatic rings. The average Bonchev–Trinajstić information content (AvgIpc) is 3.07. The Hall–Kier alpha value is -1.40. The molecule has 1 N–H and O–H groups in total. The number of hydrogen-bond acceptors (Lipinski definition) is 4. The molecule has 3 atom stereocenters. The zero-order chi connectivity index (χ0) is 14.7. The van der Waals surface area contributed by atoms with Crippen LogP contribution in [0.3, 0.4) is 0 Å². The van der Waals surface area contributed by atoms with E-state index in [9.17, 15) is 4.79 Å². The van der Waals surface area contributed by atoms with Crippen LogP contribution < -0.4 is 5.32 Å². The highest BCUT2D eigenvalue weighted by molar-refractivity contribution is 5.76. The molecule has 2 saturated heterocycles. The highest BCUT2D eigenvalue weighted by atomic mass is 16.5. The largest absolute Gasteiger partial charge is 0.376 e. The van der Waals surface area contributed by atoms with Gasteiger partial charge in [-0.1, -0.05) is 0 Å². The van der Waals surface area contributed by atoms with Gasteiger partial charge >= 0.3 is 0 Å². The number of hydrogen-bond donors (Lipinski definition) is 1. The van der Waals surface area contributed by atoms with E-state index < -0.39 is 0 Å². The first-order chi connectivity index (χ1) is 10.2. The van der Waals surface area contributed by atoms with Crippen molar-refractivity contribution in [3.05, 3.63) is 18.5 Å². The van der Waals surface area contributed by atoms with Crippen molar-refractivity contribution in [1.82, 2.24) is 20.0 Å². The highest BCUT2D eigenvalue weighted by Crippen LogP contribution is 2.23. The Kier molecular flexibility index (Phi) is 4.55. The van der Waals surface area contributed by atoms with Gasteiger partial charge in [0.25, 0.3) is 0 Å². The second-order valence-electron chi connectivity index (χ2n) is 6.12. The van der Waals surface area contributed by atoms with Crippen LogP contribution in [-0.4, -0.2) is 58.5 Å². The number of morpholine rings is 1. The lowest BCUT2D eigenvalue weighted by atomic mass is 10.1. The fourth-order valence-corrected chi connectivity index (χ4v) is 3.28. The van der Waals surface area contributed by atoms with Crippen LogP contribution in [0, 0.1) is 0 Å². The number of carbonyl (C=O) groups is 1. The van der Waals surface area contributed by atoms with E-state index >= 15 is 0 Å². The summed E-state index contributed by atoms with van der Waals surface area (Å²) in [7, 11) is 0. The minimum absolute atomic E-state index is 0.154. The molecule has 21 heavy (non-hydrogen) atoms. The molecule has 3 heterocycles. The van der Waals surface area contributed by atoms with Gasteiger partial charge in [-0.15, -0.1) is 0 Å². The summed E-state index contributed by atoms with van der Waals surface area (Å²) in [6.45, 7) is 5.65. The van der Waals surface area contributed by atoms with Crippen molar-refractivity contribution in [2.45, 2.75) is 50.9 Å². The number of ether oxygens (including phenoxy) is 1. The minimum atomic E-state index is 0.154. The molecule has 0 aliphatic carbocycles. The molecule has 2 aliphatic heterocycles. The molecule has 0 unspecified atom stereocenters. The Morgan fingerprint density at radius 3 is 3.19 bits per heavy atom. The first kappa shape index (κ1) is 14.5. The minimum Gasteiger partial charge on any atom is -0.376 e. The number of aryl methyl sites for hydroxylation is 1. The summed E-state index contributed by atoms with van der Waals surface area (Å²) in [6, 6.07) is 2.66. The van der Waals surface area contributed by atoms with E-state index in [1.165, 1.54) is 0 Å². The molecule has 1 aromatic rings. The van der Waals surface area contributed by atoms with Crippen molar-refractivity contribution >= 4 is 5.91 Å². The zero-order valence-electron chi connectivity index (χ0n) is 12.6. The maximum atomic E-state index is 12.0. The first-order valence-electron chi connectivity index (χ1n) is 7.83. The maximum absolute atomic E-state index is 12.0. The fourth-order valence-electron chi connectivity index (χ4n) is 3.28. The molecule has 0 aromatic carbocycles. The van der Waals surface area contributed by atoms with Crippen LogP contribution in [0.1, 0.15) is 26.2 Å². The van der Waals surface area contributed by atoms with Crippen molar-refractivity contribution in [2.24, 2.45) is 0 Å². The summed E-state index contributed by atoms with van der Waals surface area (Å²) in [6.07, 6.45) is 6.40. The van der Waals surface area contributed by atoms with E-state index in [0.717, 1.165) is 39.1 Å². The van der Waals surface area contributed by atoms with Gasteiger partial charge in [0, 0.05) is 50.5 Å². The second kappa shape index (κ2) is 6.58. The topological polar surface area (TPSA) is 59.4 Å². The Morgan fingerprint density at radius 2 is 2.38 bits per heavy atom. The van der Waals surface area contributed by atoms with Gasteiger partial charge < -0.3 is 10.1 Å². The van der Waals surface area contributed by atoms with Gasteiger partial charge in [-0.3, -0.25) is 14.4 Å². The van der Waals surface area contributed by atoms with E-state index in [-0.39, 0.29) is 11.9 Å². The summed E-state index contributed by atoms with van der Waals surface area (Å²) in [5, 5.41) is 7.30. The molecule has 6 heteroatoms. The number of carbonyl (C=O) groups excluding carboxylic acids is 1. The molecule has 6 nitrogen and oxygen atoms in total. The van der Waals surface area contributed by atoms with Gasteiger partial charge in [0.05, 0.1) is 12.7 Å². The molecular weight excluding hydrogens is 268 g/mol. The number of nitrogens with zero attached hydrogens (tertiary/aromatic N) is 3. The van der Waals surface area contributed by atoms with Gasteiger partial charge in [-0.05, 0) is 25.8 Å². The summed E-state index contributed by atoms with van der Waals surface area (Å²) >= 11 is 0. The monoisotopic (exact) mass is 292 g/mol. The number of nitrogens with one attached hydrogen (secondary N) is 1. The SMILES string of the molecule is C[C@@H]1CN2C[C@H](NC(=O)CCCn3cccn3)C[C@H]2CO1. The summed E-state index contributed by atoms with van der Waals surface area (Å²) < 4.78 is 7.55. The first-order valence-corrected chi connectivity index (χ1v) is 7.83.